The van der Waals surface area contributed by atoms with Gasteiger partial charge >= 0.3 is 0 Å². The number of allylic oxidation sites excluding steroid dienone is 5. The van der Waals surface area contributed by atoms with E-state index >= 15 is 0 Å². The first kappa shape index (κ1) is 36.6. The molecule has 0 aromatic heterocycles. The smallest absolute Gasteiger partial charge is 0.220 e. The van der Waals surface area contributed by atoms with Crippen molar-refractivity contribution >= 4 is 5.91 Å². The van der Waals surface area contributed by atoms with Gasteiger partial charge in [0.2, 0.25) is 5.91 Å². The number of hydrogen-bond donors (Lipinski definition) is 3. The van der Waals surface area contributed by atoms with Crippen LogP contribution in [0, 0.1) is 0 Å². The first-order valence-corrected chi connectivity index (χ1v) is 16.2. The quantitative estimate of drug-likeness (QED) is 0.0693. The van der Waals surface area contributed by atoms with Crippen LogP contribution < -0.4 is 5.32 Å². The van der Waals surface area contributed by atoms with E-state index < -0.39 is 12.1 Å². The molecule has 0 aromatic rings. The van der Waals surface area contributed by atoms with Gasteiger partial charge in [-0.3, -0.25) is 4.79 Å². The minimum Gasteiger partial charge on any atom is -0.394 e. The first-order chi connectivity index (χ1) is 18.7. The molecule has 0 spiro atoms. The molecule has 4 nitrogen and oxygen atoms in total. The number of unbranched alkanes of at least 4 members (excludes halogenated alkanes) is 17. The Morgan fingerprint density at radius 2 is 1.03 bits per heavy atom. The molecule has 0 aliphatic heterocycles. The molecule has 222 valence electrons. The van der Waals surface area contributed by atoms with E-state index in [4.69, 9.17) is 0 Å². The Bertz CT molecular complexity index is 584. The van der Waals surface area contributed by atoms with Crippen molar-refractivity contribution in [2.45, 2.75) is 167 Å². The van der Waals surface area contributed by atoms with Crippen LogP contribution in [0.3, 0.4) is 0 Å². The van der Waals surface area contributed by atoms with Crippen LogP contribution >= 0.6 is 0 Å². The number of amides is 1. The Labute approximate surface area is 236 Å². The Balaban J connectivity index is 3.75. The van der Waals surface area contributed by atoms with Gasteiger partial charge in [0.25, 0.3) is 0 Å². The van der Waals surface area contributed by atoms with Crippen molar-refractivity contribution in [2.24, 2.45) is 0 Å². The van der Waals surface area contributed by atoms with E-state index in [1.54, 1.807) is 6.08 Å². The summed E-state index contributed by atoms with van der Waals surface area (Å²) in [6.07, 6.45) is 37.9. The summed E-state index contributed by atoms with van der Waals surface area (Å²) in [5.74, 6) is -0.0876. The van der Waals surface area contributed by atoms with Gasteiger partial charge in [-0.15, -0.1) is 0 Å². The highest BCUT2D eigenvalue weighted by Gasteiger charge is 2.17. The Kier molecular flexibility index (Phi) is 29.1. The Morgan fingerprint density at radius 3 is 1.58 bits per heavy atom. The summed E-state index contributed by atoms with van der Waals surface area (Å²) in [6, 6.07) is -0.639. The molecule has 0 rings (SSSR count). The summed E-state index contributed by atoms with van der Waals surface area (Å²) in [5, 5.41) is 22.7. The molecule has 1 amide bonds. The molecule has 2 unspecified atom stereocenters. The van der Waals surface area contributed by atoms with Crippen LogP contribution in [0.4, 0.5) is 0 Å². The highest BCUT2D eigenvalue weighted by molar-refractivity contribution is 5.76. The minimum atomic E-state index is -0.861. The van der Waals surface area contributed by atoms with E-state index in [-0.39, 0.29) is 12.5 Å². The van der Waals surface area contributed by atoms with Crippen molar-refractivity contribution in [1.29, 1.82) is 0 Å². The Morgan fingerprint density at radius 1 is 0.605 bits per heavy atom. The van der Waals surface area contributed by atoms with Gasteiger partial charge in [0, 0.05) is 6.42 Å². The monoisotopic (exact) mass is 533 g/mol. The molecule has 0 bridgehead atoms. The zero-order chi connectivity index (χ0) is 27.9. The molecule has 0 radical (unpaired) electrons. The third kappa shape index (κ3) is 26.2. The van der Waals surface area contributed by atoms with Gasteiger partial charge in [-0.2, -0.15) is 0 Å². The van der Waals surface area contributed by atoms with Crippen molar-refractivity contribution in [2.75, 3.05) is 6.61 Å². The number of rotatable bonds is 28. The standard InChI is InChI=1S/C34H63NO3/c1-3-5-7-9-11-13-15-17-18-19-21-23-25-27-29-33(37)32(31-36)35-34(38)30-28-26-24-22-20-16-14-12-10-8-6-4-2/h12,14,19,21,27,29,32-33,36-37H,3-11,13,15-18,20,22-26,28,30-31H2,1-2H3,(H,35,38)/b14-12-,21-19+,29-27+. The van der Waals surface area contributed by atoms with E-state index in [9.17, 15) is 15.0 Å². The van der Waals surface area contributed by atoms with Gasteiger partial charge < -0.3 is 15.5 Å². The number of carbonyl (C=O) groups is 1. The fourth-order valence-electron chi connectivity index (χ4n) is 4.54. The lowest BCUT2D eigenvalue weighted by atomic mass is 10.1. The number of nitrogens with one attached hydrogen (secondary N) is 1. The molecule has 0 fully saturated rings. The van der Waals surface area contributed by atoms with E-state index in [0.29, 0.717) is 6.42 Å². The molecule has 3 N–H and O–H groups in total. The van der Waals surface area contributed by atoms with Crippen molar-refractivity contribution in [1.82, 2.24) is 5.32 Å². The van der Waals surface area contributed by atoms with E-state index in [1.807, 2.05) is 6.08 Å². The maximum Gasteiger partial charge on any atom is 0.220 e. The molecular formula is C34H63NO3. The first-order valence-electron chi connectivity index (χ1n) is 16.2. The second-order valence-electron chi connectivity index (χ2n) is 10.9. The van der Waals surface area contributed by atoms with Crippen LogP contribution in [0.15, 0.2) is 36.5 Å². The summed E-state index contributed by atoms with van der Waals surface area (Å²) < 4.78 is 0. The van der Waals surface area contributed by atoms with Crippen molar-refractivity contribution in [3.05, 3.63) is 36.5 Å². The molecule has 0 aliphatic carbocycles. The van der Waals surface area contributed by atoms with Gasteiger partial charge in [-0.1, -0.05) is 127 Å². The average molecular weight is 534 g/mol. The molecule has 0 heterocycles. The maximum atomic E-state index is 12.2. The fraction of sp³-hybridized carbons (Fsp3) is 0.794. The SMILES string of the molecule is CCCCC/C=C\CCCCCCCC(=O)NC(CO)C(O)/C=C/CC/C=C/CCCCCCCCCC. The normalized spacial score (nSPS) is 13.7. The van der Waals surface area contributed by atoms with Gasteiger partial charge in [-0.05, 0) is 57.8 Å². The molecule has 2 atom stereocenters. The van der Waals surface area contributed by atoms with Crippen LogP contribution in [0.1, 0.15) is 155 Å². The van der Waals surface area contributed by atoms with Gasteiger partial charge in [0.1, 0.15) is 0 Å². The second kappa shape index (κ2) is 30.2. The predicted octanol–water partition coefficient (Wildman–Crippen LogP) is 9.12. The molecule has 0 aliphatic rings. The number of aliphatic hydroxyl groups is 2. The minimum absolute atomic E-state index is 0.0876. The van der Waals surface area contributed by atoms with Crippen LogP contribution in [-0.2, 0) is 4.79 Å². The summed E-state index contributed by atoms with van der Waals surface area (Å²) in [6.45, 7) is 4.23. The summed E-state index contributed by atoms with van der Waals surface area (Å²) in [7, 11) is 0. The molecular weight excluding hydrogens is 470 g/mol. The lowest BCUT2D eigenvalue weighted by molar-refractivity contribution is -0.123. The molecule has 0 saturated heterocycles. The van der Waals surface area contributed by atoms with Crippen LogP contribution in [0.5, 0.6) is 0 Å². The third-order valence-electron chi connectivity index (χ3n) is 7.10. The predicted molar refractivity (Wildman–Crippen MR) is 165 cm³/mol. The van der Waals surface area contributed by atoms with Crippen LogP contribution in [-0.4, -0.2) is 34.9 Å². The molecule has 4 heteroatoms. The molecule has 0 saturated carbocycles. The highest BCUT2D eigenvalue weighted by atomic mass is 16.3. The van der Waals surface area contributed by atoms with E-state index in [1.165, 1.54) is 89.9 Å². The lowest BCUT2D eigenvalue weighted by Crippen LogP contribution is -2.45. The lowest BCUT2D eigenvalue weighted by Gasteiger charge is -2.19. The average Bonchev–Trinajstić information content (AvgIpc) is 2.92. The summed E-state index contributed by atoms with van der Waals surface area (Å²) >= 11 is 0. The molecule has 38 heavy (non-hydrogen) atoms. The fourth-order valence-corrected chi connectivity index (χ4v) is 4.54. The van der Waals surface area contributed by atoms with E-state index in [2.05, 4.69) is 43.5 Å². The van der Waals surface area contributed by atoms with Crippen LogP contribution in [0.25, 0.3) is 0 Å². The Hall–Kier alpha value is -1.39. The topological polar surface area (TPSA) is 69.6 Å². The second-order valence-corrected chi connectivity index (χ2v) is 10.9. The summed E-state index contributed by atoms with van der Waals surface area (Å²) in [5.41, 5.74) is 0. The summed E-state index contributed by atoms with van der Waals surface area (Å²) in [4.78, 5) is 12.2. The third-order valence-corrected chi connectivity index (χ3v) is 7.10. The highest BCUT2D eigenvalue weighted by Crippen LogP contribution is 2.11. The largest absolute Gasteiger partial charge is 0.394 e. The van der Waals surface area contributed by atoms with Crippen molar-refractivity contribution in [3.63, 3.8) is 0 Å². The number of hydrogen-bond acceptors (Lipinski definition) is 3. The van der Waals surface area contributed by atoms with Gasteiger partial charge in [0.15, 0.2) is 0 Å². The maximum absolute atomic E-state index is 12.2. The van der Waals surface area contributed by atoms with Crippen molar-refractivity contribution < 1.29 is 15.0 Å². The number of carbonyl (C=O) groups excluding carboxylic acids is 1. The zero-order valence-electron chi connectivity index (χ0n) is 25.2. The van der Waals surface area contributed by atoms with Crippen molar-refractivity contribution in [3.8, 4) is 0 Å². The van der Waals surface area contributed by atoms with E-state index in [0.717, 1.165) is 44.9 Å². The molecule has 0 aromatic carbocycles. The van der Waals surface area contributed by atoms with Crippen LogP contribution in [0.2, 0.25) is 0 Å². The number of aliphatic hydroxyl groups excluding tert-OH is 2. The zero-order valence-corrected chi connectivity index (χ0v) is 25.2. The van der Waals surface area contributed by atoms with Gasteiger partial charge in [0.05, 0.1) is 18.8 Å². The van der Waals surface area contributed by atoms with Gasteiger partial charge in [-0.25, -0.2) is 0 Å².